The van der Waals surface area contributed by atoms with Crippen molar-refractivity contribution in [3.63, 3.8) is 0 Å². The van der Waals surface area contributed by atoms with Crippen molar-refractivity contribution in [2.45, 2.75) is 19.8 Å². The summed E-state index contributed by atoms with van der Waals surface area (Å²) in [5.74, 6) is -0.0262. The summed E-state index contributed by atoms with van der Waals surface area (Å²) in [6.45, 7) is 4.89. The first-order valence-electron chi connectivity index (χ1n) is 9.37. The first kappa shape index (κ1) is 20.5. The monoisotopic (exact) mass is 419 g/mol. The molecule has 3 rings (SSSR count). The maximum atomic E-state index is 12.4. The number of benzene rings is 2. The lowest BCUT2D eigenvalue weighted by Crippen LogP contribution is -2.48. The van der Waals surface area contributed by atoms with Gasteiger partial charge in [0.25, 0.3) is 5.91 Å². The summed E-state index contributed by atoms with van der Waals surface area (Å²) in [5.41, 5.74) is 2.01. The zero-order chi connectivity index (χ0) is 20.1. The summed E-state index contributed by atoms with van der Waals surface area (Å²) in [4.78, 5) is 28.5. The van der Waals surface area contributed by atoms with Crippen molar-refractivity contribution in [2.75, 3.05) is 36.4 Å². The second-order valence-electron chi connectivity index (χ2n) is 6.75. The Bertz CT molecular complexity index is 864. The molecule has 2 amide bonds. The molecule has 7 heteroatoms. The molecule has 0 spiro atoms. The number of hydrogen-bond acceptors (Lipinski definition) is 3. The SMILES string of the molecule is CCCC(=O)N1CCN(c2ccc(NC(=O)c3cccc(Cl)c3)cc2Cl)CC1. The van der Waals surface area contributed by atoms with Crippen molar-refractivity contribution in [1.29, 1.82) is 0 Å². The lowest BCUT2D eigenvalue weighted by Gasteiger charge is -2.36. The average molecular weight is 420 g/mol. The van der Waals surface area contributed by atoms with Crippen molar-refractivity contribution in [3.8, 4) is 0 Å². The number of halogens is 2. The van der Waals surface area contributed by atoms with Gasteiger partial charge >= 0.3 is 0 Å². The molecule has 5 nitrogen and oxygen atoms in total. The fraction of sp³-hybridized carbons (Fsp3) is 0.333. The molecule has 148 valence electrons. The first-order valence-corrected chi connectivity index (χ1v) is 10.1. The van der Waals surface area contributed by atoms with Crippen LogP contribution in [-0.4, -0.2) is 42.9 Å². The van der Waals surface area contributed by atoms with E-state index in [2.05, 4.69) is 10.2 Å². The quantitative estimate of drug-likeness (QED) is 0.764. The zero-order valence-electron chi connectivity index (χ0n) is 15.8. The largest absolute Gasteiger partial charge is 0.367 e. The molecular weight excluding hydrogens is 397 g/mol. The van der Waals surface area contributed by atoms with E-state index in [1.165, 1.54) is 0 Å². The van der Waals surface area contributed by atoms with Gasteiger partial charge in [-0.3, -0.25) is 9.59 Å². The Morgan fingerprint density at radius 1 is 1.04 bits per heavy atom. The molecule has 28 heavy (non-hydrogen) atoms. The number of nitrogens with zero attached hydrogens (tertiary/aromatic N) is 2. The minimum Gasteiger partial charge on any atom is -0.367 e. The Labute approximate surface area is 175 Å². The predicted molar refractivity (Wildman–Crippen MR) is 115 cm³/mol. The molecular formula is C21H23Cl2N3O2. The van der Waals surface area contributed by atoms with Crippen LogP contribution in [0.5, 0.6) is 0 Å². The molecule has 2 aromatic carbocycles. The van der Waals surface area contributed by atoms with Gasteiger partial charge in [0.15, 0.2) is 0 Å². The van der Waals surface area contributed by atoms with Crippen LogP contribution in [0.4, 0.5) is 11.4 Å². The van der Waals surface area contributed by atoms with Gasteiger partial charge in [-0.2, -0.15) is 0 Å². The van der Waals surface area contributed by atoms with Crippen molar-refractivity contribution in [2.24, 2.45) is 0 Å². The summed E-state index contributed by atoms with van der Waals surface area (Å²) in [5, 5.41) is 3.92. The van der Waals surface area contributed by atoms with E-state index < -0.39 is 0 Å². The Balaban J connectivity index is 1.63. The third-order valence-corrected chi connectivity index (χ3v) is 5.27. The van der Waals surface area contributed by atoms with E-state index in [1.807, 2.05) is 24.0 Å². The maximum absolute atomic E-state index is 12.4. The number of carbonyl (C=O) groups excluding carboxylic acids is 2. The summed E-state index contributed by atoms with van der Waals surface area (Å²) < 4.78 is 0. The number of nitrogens with one attached hydrogen (secondary N) is 1. The normalized spacial score (nSPS) is 14.1. The second kappa shape index (κ2) is 9.30. The van der Waals surface area contributed by atoms with Crippen LogP contribution in [0.15, 0.2) is 42.5 Å². The predicted octanol–water partition coefficient (Wildman–Crippen LogP) is 4.69. The molecule has 1 heterocycles. The molecule has 0 saturated carbocycles. The van der Waals surface area contributed by atoms with Crippen LogP contribution < -0.4 is 10.2 Å². The summed E-state index contributed by atoms with van der Waals surface area (Å²) in [6.07, 6.45) is 1.47. The molecule has 1 N–H and O–H groups in total. The van der Waals surface area contributed by atoms with Gasteiger partial charge in [0.2, 0.25) is 5.91 Å². The average Bonchev–Trinajstić information content (AvgIpc) is 2.68. The van der Waals surface area contributed by atoms with E-state index in [-0.39, 0.29) is 11.8 Å². The highest BCUT2D eigenvalue weighted by molar-refractivity contribution is 6.33. The van der Waals surface area contributed by atoms with Crippen molar-refractivity contribution < 1.29 is 9.59 Å². The van der Waals surface area contributed by atoms with Crippen molar-refractivity contribution in [3.05, 3.63) is 58.1 Å². The van der Waals surface area contributed by atoms with Gasteiger partial charge in [0.05, 0.1) is 10.7 Å². The Morgan fingerprint density at radius 3 is 2.43 bits per heavy atom. The highest BCUT2D eigenvalue weighted by Crippen LogP contribution is 2.30. The third kappa shape index (κ3) is 4.97. The van der Waals surface area contributed by atoms with Gasteiger partial charge in [0.1, 0.15) is 0 Å². The lowest BCUT2D eigenvalue weighted by molar-refractivity contribution is -0.131. The van der Waals surface area contributed by atoms with E-state index in [0.717, 1.165) is 25.2 Å². The van der Waals surface area contributed by atoms with Crippen LogP contribution in [-0.2, 0) is 4.79 Å². The van der Waals surface area contributed by atoms with Gasteiger partial charge < -0.3 is 15.1 Å². The summed E-state index contributed by atoms with van der Waals surface area (Å²) >= 11 is 12.4. The number of piperazine rings is 1. The van der Waals surface area contributed by atoms with Crippen LogP contribution in [0, 0.1) is 0 Å². The Morgan fingerprint density at radius 2 is 1.79 bits per heavy atom. The van der Waals surface area contributed by atoms with E-state index in [9.17, 15) is 9.59 Å². The molecule has 0 aromatic heterocycles. The molecule has 0 radical (unpaired) electrons. The van der Waals surface area contributed by atoms with E-state index in [4.69, 9.17) is 23.2 Å². The molecule has 0 bridgehead atoms. The van der Waals surface area contributed by atoms with Gasteiger partial charge in [-0.1, -0.05) is 36.2 Å². The van der Waals surface area contributed by atoms with Crippen molar-refractivity contribution in [1.82, 2.24) is 4.90 Å². The molecule has 1 saturated heterocycles. The summed E-state index contributed by atoms with van der Waals surface area (Å²) in [7, 11) is 0. The number of hydrogen-bond donors (Lipinski definition) is 1. The number of rotatable bonds is 5. The van der Waals surface area contributed by atoms with E-state index in [1.54, 1.807) is 30.3 Å². The van der Waals surface area contributed by atoms with E-state index in [0.29, 0.717) is 40.8 Å². The van der Waals surface area contributed by atoms with Crippen LogP contribution in [0.25, 0.3) is 0 Å². The fourth-order valence-electron chi connectivity index (χ4n) is 3.24. The Hall–Kier alpha value is -2.24. The van der Waals surface area contributed by atoms with Gasteiger partial charge in [0, 0.05) is 48.9 Å². The standard InChI is InChI=1S/C21H23Cl2N3O2/c1-2-4-20(27)26-11-9-25(10-12-26)19-8-7-17(14-18(19)23)24-21(28)15-5-3-6-16(22)13-15/h3,5-8,13-14H,2,4,9-12H2,1H3,(H,24,28). The second-order valence-corrected chi connectivity index (χ2v) is 7.59. The number of amides is 2. The zero-order valence-corrected chi connectivity index (χ0v) is 17.3. The van der Waals surface area contributed by atoms with Crippen LogP contribution in [0.2, 0.25) is 10.0 Å². The molecule has 2 aromatic rings. The number of anilines is 2. The van der Waals surface area contributed by atoms with Gasteiger partial charge in [-0.25, -0.2) is 0 Å². The lowest BCUT2D eigenvalue weighted by atomic mass is 10.2. The van der Waals surface area contributed by atoms with Gasteiger partial charge in [-0.05, 0) is 42.8 Å². The molecule has 1 aliphatic rings. The number of carbonyl (C=O) groups is 2. The van der Waals surface area contributed by atoms with E-state index >= 15 is 0 Å². The minimum atomic E-state index is -0.241. The minimum absolute atomic E-state index is 0.215. The molecule has 0 aliphatic carbocycles. The summed E-state index contributed by atoms with van der Waals surface area (Å²) in [6, 6.07) is 12.3. The van der Waals surface area contributed by atoms with Crippen LogP contribution >= 0.6 is 23.2 Å². The van der Waals surface area contributed by atoms with Gasteiger partial charge in [-0.15, -0.1) is 0 Å². The maximum Gasteiger partial charge on any atom is 0.255 e. The molecule has 0 unspecified atom stereocenters. The third-order valence-electron chi connectivity index (χ3n) is 4.73. The smallest absolute Gasteiger partial charge is 0.255 e. The highest BCUT2D eigenvalue weighted by Gasteiger charge is 2.22. The van der Waals surface area contributed by atoms with Crippen LogP contribution in [0.1, 0.15) is 30.1 Å². The fourth-order valence-corrected chi connectivity index (χ4v) is 3.73. The highest BCUT2D eigenvalue weighted by atomic mass is 35.5. The first-order chi connectivity index (χ1) is 13.5. The molecule has 0 atom stereocenters. The topological polar surface area (TPSA) is 52.7 Å². The molecule has 1 aliphatic heterocycles. The Kier molecular flexibility index (Phi) is 6.81. The molecule has 1 fully saturated rings. The van der Waals surface area contributed by atoms with Crippen LogP contribution in [0.3, 0.4) is 0 Å². The van der Waals surface area contributed by atoms with Crippen molar-refractivity contribution >= 4 is 46.4 Å².